The van der Waals surface area contributed by atoms with Gasteiger partial charge in [-0.2, -0.15) is 4.98 Å². The van der Waals surface area contributed by atoms with Crippen LogP contribution in [0.4, 0.5) is 11.6 Å². The van der Waals surface area contributed by atoms with Crippen LogP contribution in [0.3, 0.4) is 0 Å². The first-order chi connectivity index (χ1) is 12.1. The molecule has 0 bridgehead atoms. The lowest BCUT2D eigenvalue weighted by atomic mass is 10.1. The van der Waals surface area contributed by atoms with Crippen molar-refractivity contribution < 1.29 is 9.59 Å². The summed E-state index contributed by atoms with van der Waals surface area (Å²) in [6.45, 7) is 0.539. The Morgan fingerprint density at radius 3 is 2.76 bits per heavy atom. The maximum Gasteiger partial charge on any atom is 0.251 e. The molecule has 7 nitrogen and oxygen atoms in total. The van der Waals surface area contributed by atoms with E-state index in [9.17, 15) is 9.59 Å². The highest BCUT2D eigenvalue weighted by Crippen LogP contribution is 2.24. The summed E-state index contributed by atoms with van der Waals surface area (Å²) in [6.07, 6.45) is 0.802. The molecule has 7 heteroatoms. The first-order valence-corrected chi connectivity index (χ1v) is 7.79. The van der Waals surface area contributed by atoms with E-state index in [1.807, 2.05) is 24.3 Å². The predicted molar refractivity (Wildman–Crippen MR) is 92.7 cm³/mol. The summed E-state index contributed by atoms with van der Waals surface area (Å²) in [5.74, 6) is 1.12. The van der Waals surface area contributed by atoms with Gasteiger partial charge in [0.15, 0.2) is 5.82 Å². The molecule has 3 aromatic rings. The maximum atomic E-state index is 11.6. The van der Waals surface area contributed by atoms with Gasteiger partial charge in [-0.05, 0) is 23.8 Å². The average molecular weight is 333 g/mol. The second-order valence-corrected chi connectivity index (χ2v) is 5.80. The standard InChI is InChI=1S/C18H15N5O2/c1-23-18(20-14-6-7-15-13(8-14)9-19-17(15)25)21-16(22-23)12-4-2-11(10-24)3-5-12/h2-8,10H,9H2,1H3,(H,19,25)(H,20,21,22). The Kier molecular flexibility index (Phi) is 3.53. The Labute approximate surface area is 143 Å². The molecule has 2 aromatic carbocycles. The van der Waals surface area contributed by atoms with E-state index in [2.05, 4.69) is 20.7 Å². The summed E-state index contributed by atoms with van der Waals surface area (Å²) in [4.78, 5) is 26.9. The number of nitrogens with zero attached hydrogens (tertiary/aromatic N) is 3. The van der Waals surface area contributed by atoms with Gasteiger partial charge in [0.2, 0.25) is 5.95 Å². The fraction of sp³-hybridized carbons (Fsp3) is 0.111. The maximum absolute atomic E-state index is 11.6. The molecule has 0 atom stereocenters. The van der Waals surface area contributed by atoms with Gasteiger partial charge in [0.25, 0.3) is 5.91 Å². The Morgan fingerprint density at radius 2 is 2.00 bits per heavy atom. The van der Waals surface area contributed by atoms with Crippen LogP contribution in [-0.2, 0) is 13.6 Å². The average Bonchev–Trinajstić information content (AvgIpc) is 3.18. The fourth-order valence-electron chi connectivity index (χ4n) is 2.77. The van der Waals surface area contributed by atoms with Crippen LogP contribution in [0.2, 0.25) is 0 Å². The lowest BCUT2D eigenvalue weighted by Crippen LogP contribution is -2.12. The molecule has 1 aliphatic heterocycles. The summed E-state index contributed by atoms with van der Waals surface area (Å²) < 4.78 is 1.65. The highest BCUT2D eigenvalue weighted by molar-refractivity contribution is 5.98. The molecule has 4 rings (SSSR count). The summed E-state index contributed by atoms with van der Waals surface area (Å²) in [7, 11) is 1.80. The number of fused-ring (bicyclic) bond motifs is 1. The number of hydrogen-bond acceptors (Lipinski definition) is 5. The van der Waals surface area contributed by atoms with Crippen molar-refractivity contribution in [1.82, 2.24) is 20.1 Å². The SMILES string of the molecule is Cn1nc(-c2ccc(C=O)cc2)nc1Nc1ccc2c(c1)CNC2=O. The van der Waals surface area contributed by atoms with Crippen molar-refractivity contribution in [3.8, 4) is 11.4 Å². The number of carbonyl (C=O) groups excluding carboxylic acids is 2. The van der Waals surface area contributed by atoms with Crippen molar-refractivity contribution in [3.05, 3.63) is 59.2 Å². The Hall–Kier alpha value is -3.48. The van der Waals surface area contributed by atoms with Crippen molar-refractivity contribution in [2.24, 2.45) is 7.05 Å². The Morgan fingerprint density at radius 1 is 1.20 bits per heavy atom. The number of aryl methyl sites for hydroxylation is 1. The highest BCUT2D eigenvalue weighted by Gasteiger charge is 2.19. The fourth-order valence-corrected chi connectivity index (χ4v) is 2.77. The van der Waals surface area contributed by atoms with Gasteiger partial charge in [0.05, 0.1) is 0 Å². The van der Waals surface area contributed by atoms with Crippen molar-refractivity contribution >= 4 is 23.8 Å². The molecular weight excluding hydrogens is 318 g/mol. The topological polar surface area (TPSA) is 88.9 Å². The number of aromatic nitrogens is 3. The minimum atomic E-state index is -0.0405. The summed E-state index contributed by atoms with van der Waals surface area (Å²) in [6, 6.07) is 12.7. The van der Waals surface area contributed by atoms with E-state index < -0.39 is 0 Å². The molecule has 124 valence electrons. The summed E-state index contributed by atoms with van der Waals surface area (Å²) >= 11 is 0. The van der Waals surface area contributed by atoms with Gasteiger partial charge in [-0.25, -0.2) is 4.68 Å². The van der Waals surface area contributed by atoms with Crippen molar-refractivity contribution in [2.45, 2.75) is 6.54 Å². The predicted octanol–water partition coefficient (Wildman–Crippen LogP) is 2.28. The van der Waals surface area contributed by atoms with E-state index in [1.54, 1.807) is 29.9 Å². The van der Waals surface area contributed by atoms with Gasteiger partial charge in [-0.15, -0.1) is 5.10 Å². The molecule has 1 amide bonds. The zero-order valence-electron chi connectivity index (χ0n) is 13.5. The van der Waals surface area contributed by atoms with Gasteiger partial charge in [-0.1, -0.05) is 24.3 Å². The third-order valence-corrected chi connectivity index (χ3v) is 4.11. The number of amides is 1. The van der Waals surface area contributed by atoms with Gasteiger partial charge in [-0.3, -0.25) is 9.59 Å². The van der Waals surface area contributed by atoms with Crippen LogP contribution in [0.1, 0.15) is 26.3 Å². The van der Waals surface area contributed by atoms with Gasteiger partial charge >= 0.3 is 0 Å². The van der Waals surface area contributed by atoms with E-state index >= 15 is 0 Å². The molecule has 2 N–H and O–H groups in total. The van der Waals surface area contributed by atoms with Crippen LogP contribution >= 0.6 is 0 Å². The van der Waals surface area contributed by atoms with Crippen molar-refractivity contribution in [1.29, 1.82) is 0 Å². The second kappa shape index (κ2) is 5.86. The Balaban J connectivity index is 1.60. The molecule has 0 aliphatic carbocycles. The van der Waals surface area contributed by atoms with Gasteiger partial charge in [0, 0.05) is 36.0 Å². The lowest BCUT2D eigenvalue weighted by molar-refractivity contribution is 0.0965. The second-order valence-electron chi connectivity index (χ2n) is 5.80. The normalized spacial score (nSPS) is 12.6. The molecule has 1 aliphatic rings. The van der Waals surface area contributed by atoms with Crippen LogP contribution in [0.5, 0.6) is 0 Å². The van der Waals surface area contributed by atoms with Gasteiger partial charge in [0.1, 0.15) is 6.29 Å². The molecule has 2 heterocycles. The third-order valence-electron chi connectivity index (χ3n) is 4.11. The van der Waals surface area contributed by atoms with E-state index in [-0.39, 0.29) is 5.91 Å². The van der Waals surface area contributed by atoms with Crippen molar-refractivity contribution in [3.63, 3.8) is 0 Å². The number of nitrogens with one attached hydrogen (secondary N) is 2. The van der Waals surface area contributed by atoms with Crippen LogP contribution < -0.4 is 10.6 Å². The van der Waals surface area contributed by atoms with E-state index in [4.69, 9.17) is 0 Å². The number of rotatable bonds is 4. The van der Waals surface area contributed by atoms with E-state index in [0.29, 0.717) is 29.4 Å². The quantitative estimate of drug-likeness (QED) is 0.715. The first-order valence-electron chi connectivity index (χ1n) is 7.79. The smallest absolute Gasteiger partial charge is 0.251 e. The van der Waals surface area contributed by atoms with E-state index in [0.717, 1.165) is 23.1 Å². The number of carbonyl (C=O) groups is 2. The van der Waals surface area contributed by atoms with Crippen molar-refractivity contribution in [2.75, 3.05) is 5.32 Å². The lowest BCUT2D eigenvalue weighted by Gasteiger charge is -2.06. The first kappa shape index (κ1) is 15.1. The Bertz CT molecular complexity index is 976. The number of hydrogen-bond donors (Lipinski definition) is 2. The zero-order chi connectivity index (χ0) is 17.4. The molecule has 0 saturated heterocycles. The highest BCUT2D eigenvalue weighted by atomic mass is 16.1. The molecule has 0 unspecified atom stereocenters. The number of benzene rings is 2. The minimum Gasteiger partial charge on any atom is -0.348 e. The number of aldehydes is 1. The summed E-state index contributed by atoms with van der Waals surface area (Å²) in [5, 5.41) is 10.4. The molecular formula is C18H15N5O2. The van der Waals surface area contributed by atoms with E-state index in [1.165, 1.54) is 0 Å². The van der Waals surface area contributed by atoms with Crippen LogP contribution in [0.15, 0.2) is 42.5 Å². The zero-order valence-corrected chi connectivity index (χ0v) is 13.5. The molecule has 0 radical (unpaired) electrons. The van der Waals surface area contributed by atoms with Crippen LogP contribution in [-0.4, -0.2) is 27.0 Å². The van der Waals surface area contributed by atoms with Crippen LogP contribution in [0.25, 0.3) is 11.4 Å². The van der Waals surface area contributed by atoms with Crippen LogP contribution in [0, 0.1) is 0 Å². The van der Waals surface area contributed by atoms with Gasteiger partial charge < -0.3 is 10.6 Å². The minimum absolute atomic E-state index is 0.0405. The largest absolute Gasteiger partial charge is 0.348 e. The summed E-state index contributed by atoms with van der Waals surface area (Å²) in [5.41, 5.74) is 3.95. The molecule has 0 saturated carbocycles. The monoisotopic (exact) mass is 333 g/mol. The number of anilines is 2. The molecule has 0 spiro atoms. The molecule has 25 heavy (non-hydrogen) atoms. The molecule has 1 aromatic heterocycles. The third kappa shape index (κ3) is 2.76. The molecule has 0 fully saturated rings.